The van der Waals surface area contributed by atoms with Crippen LogP contribution in [0.3, 0.4) is 0 Å². The summed E-state index contributed by atoms with van der Waals surface area (Å²) in [6.07, 6.45) is 2.24. The molecular formula is C31H45N3O5S. The highest BCUT2D eigenvalue weighted by Crippen LogP contribution is 2.35. The number of aryl methyl sites for hydroxylation is 1. The Balaban J connectivity index is 2.61. The summed E-state index contributed by atoms with van der Waals surface area (Å²) in [5, 5.41) is 5.80. The minimum atomic E-state index is -0.956. The van der Waals surface area contributed by atoms with Crippen LogP contribution < -0.4 is 15.4 Å². The van der Waals surface area contributed by atoms with Crippen molar-refractivity contribution in [2.24, 2.45) is 0 Å². The third kappa shape index (κ3) is 9.18. The number of hydrogen-bond donors (Lipinski definition) is 2. The van der Waals surface area contributed by atoms with Crippen molar-refractivity contribution in [1.82, 2.24) is 10.2 Å². The molecular weight excluding hydrogens is 526 g/mol. The van der Waals surface area contributed by atoms with Crippen LogP contribution in [0.15, 0.2) is 48.5 Å². The Bertz CT molecular complexity index is 1140. The third-order valence-electron chi connectivity index (χ3n) is 6.70. The number of nitrogens with zero attached hydrogens (tertiary/aromatic N) is 1. The zero-order chi connectivity index (χ0) is 30.1. The molecule has 0 aromatic heterocycles. The minimum absolute atomic E-state index is 0.343. The molecule has 0 aliphatic rings. The van der Waals surface area contributed by atoms with E-state index >= 15 is 0 Å². The summed E-state index contributed by atoms with van der Waals surface area (Å²) in [4.78, 5) is 43.0. The van der Waals surface area contributed by atoms with Crippen molar-refractivity contribution < 1.29 is 23.9 Å². The molecule has 0 spiro atoms. The summed E-state index contributed by atoms with van der Waals surface area (Å²) in [6.45, 7) is 13.1. The maximum absolute atomic E-state index is 14.5. The molecule has 9 heteroatoms. The summed E-state index contributed by atoms with van der Waals surface area (Å²) in [7, 11) is 1.58. The lowest BCUT2D eigenvalue weighted by atomic mass is 9.90. The number of thioether (sulfide) groups is 1. The predicted molar refractivity (Wildman–Crippen MR) is 163 cm³/mol. The fourth-order valence-corrected chi connectivity index (χ4v) is 4.70. The van der Waals surface area contributed by atoms with E-state index in [1.54, 1.807) is 68.8 Å². The van der Waals surface area contributed by atoms with Gasteiger partial charge in [-0.2, -0.15) is 11.8 Å². The maximum Gasteiger partial charge on any atom is 0.408 e. The lowest BCUT2D eigenvalue weighted by Gasteiger charge is -2.45. The molecule has 3 amide bonds. The van der Waals surface area contributed by atoms with Crippen LogP contribution in [0.1, 0.15) is 71.6 Å². The number of nitrogens with one attached hydrogen (secondary N) is 2. The van der Waals surface area contributed by atoms with Gasteiger partial charge in [0.15, 0.2) is 0 Å². The Kier molecular flexibility index (Phi) is 11.9. The number of ether oxygens (including phenoxy) is 2. The highest BCUT2D eigenvalue weighted by molar-refractivity contribution is 7.98. The number of hydrogen-bond acceptors (Lipinski definition) is 6. The van der Waals surface area contributed by atoms with E-state index in [9.17, 15) is 14.4 Å². The fraction of sp³-hybridized carbons (Fsp3) is 0.516. The van der Waals surface area contributed by atoms with Gasteiger partial charge in [0.1, 0.15) is 23.4 Å². The second-order valence-electron chi connectivity index (χ2n) is 11.3. The summed E-state index contributed by atoms with van der Waals surface area (Å²) >= 11 is 1.58. The van der Waals surface area contributed by atoms with Crippen LogP contribution in [-0.4, -0.2) is 59.1 Å². The van der Waals surface area contributed by atoms with Crippen LogP contribution in [0.5, 0.6) is 5.75 Å². The SMILES string of the molecule is CCC(C)(C)N(C(=O)C(CCSC)NC(=O)OC(C)(C)C)C(C(=O)Nc1ccc(OC)cc1)c1ccccc1C. The molecule has 8 nitrogen and oxygen atoms in total. The number of amides is 3. The van der Waals surface area contributed by atoms with Crippen LogP contribution >= 0.6 is 11.8 Å². The number of alkyl carbamates (subject to hydrolysis) is 1. The highest BCUT2D eigenvalue weighted by Gasteiger charge is 2.43. The number of carbonyl (C=O) groups excluding carboxylic acids is 3. The molecule has 2 atom stereocenters. The molecule has 220 valence electrons. The first kappa shape index (κ1) is 33.0. The Morgan fingerprint density at radius 2 is 1.62 bits per heavy atom. The van der Waals surface area contributed by atoms with Gasteiger partial charge in [-0.3, -0.25) is 9.59 Å². The first-order valence-electron chi connectivity index (χ1n) is 13.6. The van der Waals surface area contributed by atoms with Gasteiger partial charge < -0.3 is 25.0 Å². The van der Waals surface area contributed by atoms with E-state index in [0.717, 1.165) is 5.56 Å². The molecule has 0 bridgehead atoms. The Morgan fingerprint density at radius 1 is 1.00 bits per heavy atom. The predicted octanol–water partition coefficient (Wildman–Crippen LogP) is 6.35. The van der Waals surface area contributed by atoms with Crippen molar-refractivity contribution in [3.05, 3.63) is 59.7 Å². The zero-order valence-corrected chi connectivity index (χ0v) is 26.1. The number of benzene rings is 2. The molecule has 0 aliphatic carbocycles. The monoisotopic (exact) mass is 571 g/mol. The van der Waals surface area contributed by atoms with Gasteiger partial charge in [-0.15, -0.1) is 0 Å². The van der Waals surface area contributed by atoms with Gasteiger partial charge in [0.05, 0.1) is 7.11 Å². The lowest BCUT2D eigenvalue weighted by molar-refractivity contribution is -0.147. The van der Waals surface area contributed by atoms with Gasteiger partial charge in [-0.05, 0) is 102 Å². The molecule has 0 radical (unpaired) electrons. The van der Waals surface area contributed by atoms with Crippen LogP contribution in [0.2, 0.25) is 0 Å². The van der Waals surface area contributed by atoms with E-state index < -0.39 is 29.3 Å². The van der Waals surface area contributed by atoms with Crippen molar-refractivity contribution in [3.63, 3.8) is 0 Å². The first-order valence-corrected chi connectivity index (χ1v) is 15.0. The molecule has 40 heavy (non-hydrogen) atoms. The zero-order valence-electron chi connectivity index (χ0n) is 25.3. The van der Waals surface area contributed by atoms with Gasteiger partial charge in [-0.25, -0.2) is 4.79 Å². The van der Waals surface area contributed by atoms with Crippen LogP contribution in [0, 0.1) is 6.92 Å². The molecule has 2 unspecified atom stereocenters. The van der Waals surface area contributed by atoms with Gasteiger partial charge >= 0.3 is 6.09 Å². The Hall–Kier alpha value is -3.20. The maximum atomic E-state index is 14.5. The average molecular weight is 572 g/mol. The minimum Gasteiger partial charge on any atom is -0.497 e. The molecule has 2 rings (SSSR count). The second-order valence-corrected chi connectivity index (χ2v) is 12.3. The largest absolute Gasteiger partial charge is 0.497 e. The van der Waals surface area contributed by atoms with Crippen molar-refractivity contribution in [2.45, 2.75) is 84.5 Å². The third-order valence-corrected chi connectivity index (χ3v) is 7.35. The van der Waals surface area contributed by atoms with E-state index in [1.807, 2.05) is 58.2 Å². The van der Waals surface area contributed by atoms with Gasteiger partial charge in [0.2, 0.25) is 5.91 Å². The van der Waals surface area contributed by atoms with Gasteiger partial charge in [-0.1, -0.05) is 31.2 Å². The standard InChI is InChI=1S/C31H45N3O5S/c1-10-31(6,7)34(28(36)25(19-20-40-9)33-29(37)39-30(3,4)5)26(24-14-12-11-13-21(24)2)27(35)32-22-15-17-23(38-8)18-16-22/h11-18,25-26H,10,19-20H2,1-9H3,(H,32,35)(H,33,37). The van der Waals surface area contributed by atoms with Crippen molar-refractivity contribution >= 4 is 35.4 Å². The van der Waals surface area contributed by atoms with E-state index in [-0.39, 0.29) is 11.8 Å². The van der Waals surface area contributed by atoms with Crippen LogP contribution in [0.25, 0.3) is 0 Å². The number of anilines is 1. The smallest absolute Gasteiger partial charge is 0.408 e. The molecule has 0 saturated carbocycles. The number of methoxy groups -OCH3 is 1. The van der Waals surface area contributed by atoms with Crippen LogP contribution in [0.4, 0.5) is 10.5 Å². The van der Waals surface area contributed by atoms with E-state index in [2.05, 4.69) is 10.6 Å². The second kappa shape index (κ2) is 14.4. The fourth-order valence-electron chi connectivity index (χ4n) is 4.23. The summed E-state index contributed by atoms with van der Waals surface area (Å²) in [5.74, 6) is 0.613. The molecule has 2 aromatic rings. The van der Waals surface area contributed by atoms with E-state index in [1.165, 1.54) is 0 Å². The molecule has 2 aromatic carbocycles. The summed E-state index contributed by atoms with van der Waals surface area (Å²) < 4.78 is 10.7. The molecule has 0 heterocycles. The normalized spacial score (nSPS) is 13.1. The first-order chi connectivity index (χ1) is 18.7. The van der Waals surface area contributed by atoms with Crippen molar-refractivity contribution in [2.75, 3.05) is 24.4 Å². The van der Waals surface area contributed by atoms with Crippen molar-refractivity contribution in [1.29, 1.82) is 0 Å². The van der Waals surface area contributed by atoms with Crippen molar-refractivity contribution in [3.8, 4) is 5.75 Å². The number of rotatable bonds is 12. The van der Waals surface area contributed by atoms with Gasteiger partial charge in [0.25, 0.3) is 5.91 Å². The quantitative estimate of drug-likeness (QED) is 0.308. The van der Waals surface area contributed by atoms with Gasteiger partial charge in [0, 0.05) is 11.2 Å². The topological polar surface area (TPSA) is 97.0 Å². The Labute approximate surface area is 243 Å². The summed E-state index contributed by atoms with van der Waals surface area (Å²) in [6, 6.07) is 12.8. The Morgan fingerprint density at radius 3 is 2.15 bits per heavy atom. The average Bonchev–Trinajstić information content (AvgIpc) is 2.89. The molecule has 0 aliphatic heterocycles. The van der Waals surface area contributed by atoms with E-state index in [0.29, 0.717) is 35.6 Å². The molecule has 2 N–H and O–H groups in total. The highest BCUT2D eigenvalue weighted by atomic mass is 32.2. The number of carbonyl (C=O) groups is 3. The molecule has 0 fully saturated rings. The molecule has 0 saturated heterocycles. The van der Waals surface area contributed by atoms with E-state index in [4.69, 9.17) is 9.47 Å². The van der Waals surface area contributed by atoms with Crippen LogP contribution in [-0.2, 0) is 14.3 Å². The summed E-state index contributed by atoms with van der Waals surface area (Å²) in [5.41, 5.74) is 0.722. The lowest BCUT2D eigenvalue weighted by Crippen LogP contribution is -2.59.